The number of hydrogen-bond acceptors (Lipinski definition) is 3. The number of nitrogens with two attached hydrogens (primary N) is 1. The molecule has 1 aliphatic rings. The van der Waals surface area contributed by atoms with Crippen LogP contribution in [0.2, 0.25) is 0 Å². The summed E-state index contributed by atoms with van der Waals surface area (Å²) in [6.07, 6.45) is 3.12. The second kappa shape index (κ2) is 4.20. The van der Waals surface area contributed by atoms with Gasteiger partial charge in [-0.05, 0) is 31.4 Å². The maximum absolute atomic E-state index is 13.2. The molecule has 1 aliphatic carbocycles. The highest BCUT2D eigenvalue weighted by molar-refractivity contribution is 7.15. The largest absolute Gasteiger partial charge is 0.323 e. The van der Waals surface area contributed by atoms with Gasteiger partial charge in [-0.3, -0.25) is 0 Å². The van der Waals surface area contributed by atoms with Crippen molar-refractivity contribution in [1.82, 2.24) is 4.98 Å². The van der Waals surface area contributed by atoms with Crippen LogP contribution in [0.15, 0.2) is 24.3 Å². The highest BCUT2D eigenvalue weighted by Crippen LogP contribution is 2.36. The van der Waals surface area contributed by atoms with Crippen LogP contribution in [0.4, 0.5) is 4.39 Å². The number of benzene rings is 1. The van der Waals surface area contributed by atoms with Gasteiger partial charge >= 0.3 is 0 Å². The third-order valence-corrected chi connectivity index (χ3v) is 4.34. The number of rotatable bonds is 1. The van der Waals surface area contributed by atoms with Crippen molar-refractivity contribution in [3.63, 3.8) is 0 Å². The summed E-state index contributed by atoms with van der Waals surface area (Å²) in [6, 6.07) is 6.68. The second-order valence-corrected chi connectivity index (χ2v) is 5.37. The van der Waals surface area contributed by atoms with Crippen LogP contribution >= 0.6 is 11.3 Å². The molecule has 0 fully saturated rings. The fraction of sp³-hybridized carbons (Fsp3) is 0.308. The topological polar surface area (TPSA) is 38.9 Å². The van der Waals surface area contributed by atoms with E-state index in [4.69, 9.17) is 5.73 Å². The molecule has 4 heteroatoms. The van der Waals surface area contributed by atoms with Crippen LogP contribution in [0.25, 0.3) is 10.6 Å². The van der Waals surface area contributed by atoms with Gasteiger partial charge in [0, 0.05) is 16.5 Å². The van der Waals surface area contributed by atoms with E-state index in [2.05, 4.69) is 4.98 Å². The molecule has 0 radical (unpaired) electrons. The lowest BCUT2D eigenvalue weighted by Crippen LogP contribution is -2.15. The molecule has 88 valence electrons. The first-order valence-electron chi connectivity index (χ1n) is 5.75. The molecule has 0 saturated carbocycles. The van der Waals surface area contributed by atoms with Crippen LogP contribution in [0.3, 0.4) is 0 Å². The predicted octanol–water partition coefficient (Wildman–Crippen LogP) is 3.29. The maximum atomic E-state index is 13.2. The van der Waals surface area contributed by atoms with Gasteiger partial charge in [0.2, 0.25) is 0 Å². The Labute approximate surface area is 103 Å². The number of halogens is 1. The van der Waals surface area contributed by atoms with Gasteiger partial charge in [-0.15, -0.1) is 11.3 Å². The van der Waals surface area contributed by atoms with Crippen molar-refractivity contribution < 1.29 is 4.39 Å². The van der Waals surface area contributed by atoms with Crippen LogP contribution in [-0.2, 0) is 6.42 Å². The zero-order valence-corrected chi connectivity index (χ0v) is 10.1. The third kappa shape index (κ3) is 1.98. The number of aryl methyl sites for hydroxylation is 1. The van der Waals surface area contributed by atoms with Gasteiger partial charge in [0.25, 0.3) is 0 Å². The van der Waals surface area contributed by atoms with Crippen molar-refractivity contribution in [1.29, 1.82) is 0 Å². The van der Waals surface area contributed by atoms with E-state index in [1.807, 2.05) is 6.07 Å². The molecule has 2 aromatic rings. The summed E-state index contributed by atoms with van der Waals surface area (Å²) in [7, 11) is 0. The van der Waals surface area contributed by atoms with Crippen LogP contribution in [0, 0.1) is 5.82 Å². The van der Waals surface area contributed by atoms with Crippen molar-refractivity contribution in [3.8, 4) is 10.6 Å². The molecule has 0 saturated heterocycles. The summed E-state index contributed by atoms with van der Waals surface area (Å²) in [5.74, 6) is -0.222. The average molecular weight is 248 g/mol. The number of aromatic nitrogens is 1. The predicted molar refractivity (Wildman–Crippen MR) is 67.4 cm³/mol. The van der Waals surface area contributed by atoms with Crippen molar-refractivity contribution in [3.05, 3.63) is 40.7 Å². The molecule has 3 rings (SSSR count). The monoisotopic (exact) mass is 248 g/mol. The summed E-state index contributed by atoms with van der Waals surface area (Å²) >= 11 is 1.60. The Morgan fingerprint density at radius 1 is 1.41 bits per heavy atom. The number of thiazole rings is 1. The van der Waals surface area contributed by atoms with Crippen molar-refractivity contribution in [2.75, 3.05) is 0 Å². The fourth-order valence-electron chi connectivity index (χ4n) is 2.20. The van der Waals surface area contributed by atoms with E-state index in [-0.39, 0.29) is 11.9 Å². The summed E-state index contributed by atoms with van der Waals surface area (Å²) in [5, 5.41) is 0.881. The second-order valence-electron chi connectivity index (χ2n) is 4.34. The van der Waals surface area contributed by atoms with Crippen LogP contribution in [0.1, 0.15) is 29.5 Å². The first-order valence-corrected chi connectivity index (χ1v) is 6.57. The molecule has 0 aliphatic heterocycles. The van der Waals surface area contributed by atoms with Crippen molar-refractivity contribution in [2.45, 2.75) is 25.3 Å². The molecule has 1 heterocycles. The standard InChI is InChI=1S/C13H13FN2S/c14-9-4-1-3-8(7-9)13-16-11-6-2-5-10(15)12(11)17-13/h1,3-4,7,10H,2,5-6,15H2. The maximum Gasteiger partial charge on any atom is 0.124 e. The zero-order chi connectivity index (χ0) is 11.8. The molecule has 1 aromatic heterocycles. The van der Waals surface area contributed by atoms with Crippen molar-refractivity contribution >= 4 is 11.3 Å². The molecular formula is C13H13FN2S. The van der Waals surface area contributed by atoms with Gasteiger partial charge in [-0.2, -0.15) is 0 Å². The number of fused-ring (bicyclic) bond motifs is 1. The molecule has 0 spiro atoms. The molecule has 0 bridgehead atoms. The molecule has 2 nitrogen and oxygen atoms in total. The van der Waals surface area contributed by atoms with Crippen molar-refractivity contribution in [2.24, 2.45) is 5.73 Å². The molecular weight excluding hydrogens is 235 g/mol. The van der Waals surface area contributed by atoms with Crippen LogP contribution < -0.4 is 5.73 Å². The Bertz CT molecular complexity index is 550. The number of hydrogen-bond donors (Lipinski definition) is 1. The highest BCUT2D eigenvalue weighted by Gasteiger charge is 2.22. The zero-order valence-electron chi connectivity index (χ0n) is 9.32. The summed E-state index contributed by atoms with van der Waals surface area (Å²) in [5.41, 5.74) is 8.01. The molecule has 1 atom stereocenters. The van der Waals surface area contributed by atoms with E-state index in [1.165, 1.54) is 17.0 Å². The van der Waals surface area contributed by atoms with E-state index < -0.39 is 0 Å². The lowest BCUT2D eigenvalue weighted by Gasteiger charge is -2.15. The van der Waals surface area contributed by atoms with Crippen LogP contribution in [-0.4, -0.2) is 4.98 Å². The summed E-state index contributed by atoms with van der Waals surface area (Å²) < 4.78 is 13.2. The molecule has 2 N–H and O–H groups in total. The van der Waals surface area contributed by atoms with Gasteiger partial charge in [0.1, 0.15) is 10.8 Å². The highest BCUT2D eigenvalue weighted by atomic mass is 32.1. The first kappa shape index (κ1) is 10.9. The Balaban J connectivity index is 2.05. The molecule has 1 aromatic carbocycles. The Hall–Kier alpha value is -1.26. The van der Waals surface area contributed by atoms with Gasteiger partial charge in [0.15, 0.2) is 0 Å². The summed E-state index contributed by atoms with van der Waals surface area (Å²) in [4.78, 5) is 5.76. The Morgan fingerprint density at radius 2 is 2.29 bits per heavy atom. The lowest BCUT2D eigenvalue weighted by atomic mass is 9.99. The first-order chi connectivity index (χ1) is 8.24. The minimum atomic E-state index is -0.222. The SMILES string of the molecule is NC1CCCc2nc(-c3cccc(F)c3)sc21. The van der Waals surface area contributed by atoms with E-state index in [1.54, 1.807) is 17.4 Å². The molecule has 17 heavy (non-hydrogen) atoms. The average Bonchev–Trinajstić information content (AvgIpc) is 2.74. The van der Waals surface area contributed by atoms with E-state index in [0.29, 0.717) is 0 Å². The number of nitrogens with zero attached hydrogens (tertiary/aromatic N) is 1. The van der Waals surface area contributed by atoms with E-state index >= 15 is 0 Å². The minimum Gasteiger partial charge on any atom is -0.323 e. The normalized spacial score (nSPS) is 19.1. The van der Waals surface area contributed by atoms with Gasteiger partial charge in [-0.25, -0.2) is 9.37 Å². The summed E-state index contributed by atoms with van der Waals surface area (Å²) in [6.45, 7) is 0. The minimum absolute atomic E-state index is 0.110. The van der Waals surface area contributed by atoms with Crippen LogP contribution in [0.5, 0.6) is 0 Å². The Morgan fingerprint density at radius 3 is 3.06 bits per heavy atom. The smallest absolute Gasteiger partial charge is 0.124 e. The molecule has 0 amide bonds. The fourth-order valence-corrected chi connectivity index (χ4v) is 3.34. The third-order valence-electron chi connectivity index (χ3n) is 3.06. The van der Waals surface area contributed by atoms with E-state index in [9.17, 15) is 4.39 Å². The van der Waals surface area contributed by atoms with E-state index in [0.717, 1.165) is 35.5 Å². The molecule has 1 unspecified atom stereocenters. The lowest BCUT2D eigenvalue weighted by molar-refractivity contribution is 0.573. The van der Waals surface area contributed by atoms with Gasteiger partial charge in [-0.1, -0.05) is 12.1 Å². The van der Waals surface area contributed by atoms with Gasteiger partial charge < -0.3 is 5.73 Å². The quantitative estimate of drug-likeness (QED) is 0.841. The Kier molecular flexibility index (Phi) is 2.68. The van der Waals surface area contributed by atoms with Gasteiger partial charge in [0.05, 0.1) is 5.69 Å².